The van der Waals surface area contributed by atoms with E-state index >= 15 is 0 Å². The molecule has 0 spiro atoms. The van der Waals surface area contributed by atoms with E-state index in [2.05, 4.69) is 51.7 Å². The fraction of sp³-hybridized carbons (Fsp3) is 0.733. The molecule has 2 nitrogen and oxygen atoms in total. The van der Waals surface area contributed by atoms with Crippen molar-refractivity contribution in [2.45, 2.75) is 45.3 Å². The van der Waals surface area contributed by atoms with Crippen molar-refractivity contribution in [1.82, 2.24) is 9.80 Å². The highest BCUT2D eigenvalue weighted by atomic mass is 79.9. The number of piperazine rings is 1. The first-order valence-corrected chi connectivity index (χ1v) is 8.97. The Morgan fingerprint density at radius 2 is 2.21 bits per heavy atom. The Labute approximate surface area is 128 Å². The van der Waals surface area contributed by atoms with Gasteiger partial charge in [-0.05, 0) is 53.4 Å². The first-order valence-electron chi connectivity index (χ1n) is 7.36. The first-order chi connectivity index (χ1) is 9.13. The highest BCUT2D eigenvalue weighted by molar-refractivity contribution is 9.11. The van der Waals surface area contributed by atoms with E-state index in [0.717, 1.165) is 24.5 Å². The summed E-state index contributed by atoms with van der Waals surface area (Å²) in [5.74, 6) is 0.741. The molecular weight excluding hydrogens is 320 g/mol. The molecular formula is C15H23BrN2S. The minimum atomic E-state index is 0.718. The Kier molecular flexibility index (Phi) is 4.32. The Balaban J connectivity index is 1.73. The van der Waals surface area contributed by atoms with E-state index < -0.39 is 0 Å². The van der Waals surface area contributed by atoms with E-state index in [1.165, 1.54) is 41.1 Å². The lowest BCUT2D eigenvalue weighted by Gasteiger charge is -2.45. The van der Waals surface area contributed by atoms with E-state index in [-0.39, 0.29) is 0 Å². The molecule has 4 heteroatoms. The maximum Gasteiger partial charge on any atom is 0.0701 e. The molecule has 0 aromatic carbocycles. The van der Waals surface area contributed by atoms with Gasteiger partial charge in [-0.25, -0.2) is 0 Å². The van der Waals surface area contributed by atoms with Gasteiger partial charge in [0.05, 0.1) is 3.79 Å². The van der Waals surface area contributed by atoms with Gasteiger partial charge in [0.1, 0.15) is 0 Å². The summed E-state index contributed by atoms with van der Waals surface area (Å²) in [6.45, 7) is 9.74. The summed E-state index contributed by atoms with van der Waals surface area (Å²) in [4.78, 5) is 6.95. The molecule has 0 radical (unpaired) electrons. The van der Waals surface area contributed by atoms with E-state index in [1.54, 1.807) is 0 Å². The van der Waals surface area contributed by atoms with E-state index in [9.17, 15) is 0 Å². The van der Waals surface area contributed by atoms with Gasteiger partial charge in [-0.2, -0.15) is 0 Å². The first kappa shape index (κ1) is 14.1. The van der Waals surface area contributed by atoms with Gasteiger partial charge < -0.3 is 0 Å². The maximum atomic E-state index is 3.58. The summed E-state index contributed by atoms with van der Waals surface area (Å²) in [5.41, 5.74) is 0. The number of rotatable bonds is 3. The van der Waals surface area contributed by atoms with Crippen LogP contribution in [0.5, 0.6) is 0 Å². The van der Waals surface area contributed by atoms with Crippen LogP contribution in [0, 0.1) is 5.92 Å². The molecule has 0 saturated carbocycles. The summed E-state index contributed by atoms with van der Waals surface area (Å²) in [7, 11) is 0. The van der Waals surface area contributed by atoms with Gasteiger partial charge in [0, 0.05) is 36.6 Å². The molecule has 0 aliphatic carbocycles. The minimum absolute atomic E-state index is 0.718. The molecule has 106 valence electrons. The highest BCUT2D eigenvalue weighted by Crippen LogP contribution is 2.30. The lowest BCUT2D eigenvalue weighted by Crippen LogP contribution is -2.57. The van der Waals surface area contributed by atoms with Gasteiger partial charge >= 0.3 is 0 Å². The van der Waals surface area contributed by atoms with Crippen LogP contribution < -0.4 is 0 Å². The van der Waals surface area contributed by atoms with Crippen LogP contribution in [0.4, 0.5) is 0 Å². The summed E-state index contributed by atoms with van der Waals surface area (Å²) >= 11 is 5.46. The third-order valence-corrected chi connectivity index (χ3v) is 6.20. The quantitative estimate of drug-likeness (QED) is 0.823. The average Bonchev–Trinajstić information content (AvgIpc) is 2.96. The smallest absolute Gasteiger partial charge is 0.0701 e. The zero-order valence-corrected chi connectivity index (χ0v) is 14.2. The van der Waals surface area contributed by atoms with Crippen molar-refractivity contribution in [1.29, 1.82) is 0 Å². The van der Waals surface area contributed by atoms with Gasteiger partial charge in [-0.15, -0.1) is 11.3 Å². The lowest BCUT2D eigenvalue weighted by atomic mass is 9.97. The van der Waals surface area contributed by atoms with Crippen molar-refractivity contribution in [3.63, 3.8) is 0 Å². The molecule has 3 rings (SSSR count). The molecule has 2 aliphatic heterocycles. The summed E-state index contributed by atoms with van der Waals surface area (Å²) in [6, 6.07) is 5.98. The van der Waals surface area contributed by atoms with Gasteiger partial charge in [0.25, 0.3) is 0 Å². The van der Waals surface area contributed by atoms with Crippen LogP contribution in [0.3, 0.4) is 0 Å². The van der Waals surface area contributed by atoms with Gasteiger partial charge in [-0.1, -0.05) is 13.8 Å². The number of hydrogen-bond acceptors (Lipinski definition) is 3. The zero-order valence-electron chi connectivity index (χ0n) is 11.8. The second kappa shape index (κ2) is 5.84. The molecule has 3 heterocycles. The average molecular weight is 343 g/mol. The summed E-state index contributed by atoms with van der Waals surface area (Å²) in [6.07, 6.45) is 2.79. The molecule has 2 aliphatic rings. The Hall–Kier alpha value is 0.1000. The number of fused-ring (bicyclic) bond motifs is 1. The fourth-order valence-corrected chi connectivity index (χ4v) is 5.06. The van der Waals surface area contributed by atoms with Crippen LogP contribution in [-0.2, 0) is 6.54 Å². The van der Waals surface area contributed by atoms with Crippen LogP contribution in [0.25, 0.3) is 0 Å². The summed E-state index contributed by atoms with van der Waals surface area (Å²) < 4.78 is 1.25. The largest absolute Gasteiger partial charge is 0.298 e. The monoisotopic (exact) mass is 342 g/mol. The van der Waals surface area contributed by atoms with Crippen molar-refractivity contribution >= 4 is 27.3 Å². The van der Waals surface area contributed by atoms with Crippen molar-refractivity contribution in [3.05, 3.63) is 20.8 Å². The van der Waals surface area contributed by atoms with Crippen LogP contribution in [-0.4, -0.2) is 41.5 Å². The molecule has 0 N–H and O–H groups in total. The topological polar surface area (TPSA) is 6.48 Å². The maximum absolute atomic E-state index is 3.58. The molecule has 1 aromatic heterocycles. The predicted octanol–water partition coefficient (Wildman–Crippen LogP) is 3.82. The third kappa shape index (κ3) is 3.07. The molecule has 2 fully saturated rings. The SMILES string of the molecule is CC(C)C1CN2CCCC2CN1Cc1ccc(Br)s1. The Bertz CT molecular complexity index is 432. The van der Waals surface area contributed by atoms with Crippen molar-refractivity contribution in [2.24, 2.45) is 5.92 Å². The number of thiophene rings is 1. The lowest BCUT2D eigenvalue weighted by molar-refractivity contribution is 0.0246. The van der Waals surface area contributed by atoms with E-state index in [4.69, 9.17) is 0 Å². The Morgan fingerprint density at radius 1 is 1.37 bits per heavy atom. The van der Waals surface area contributed by atoms with Gasteiger partial charge in [0.2, 0.25) is 0 Å². The van der Waals surface area contributed by atoms with Crippen LogP contribution in [0.15, 0.2) is 15.9 Å². The van der Waals surface area contributed by atoms with Crippen molar-refractivity contribution in [3.8, 4) is 0 Å². The zero-order chi connectivity index (χ0) is 13.4. The number of hydrogen-bond donors (Lipinski definition) is 0. The highest BCUT2D eigenvalue weighted by Gasteiger charge is 2.37. The molecule has 2 atom stereocenters. The number of halogens is 1. The van der Waals surface area contributed by atoms with Crippen molar-refractivity contribution < 1.29 is 0 Å². The molecule has 0 amide bonds. The Morgan fingerprint density at radius 3 is 2.89 bits per heavy atom. The minimum Gasteiger partial charge on any atom is -0.298 e. The van der Waals surface area contributed by atoms with Crippen molar-refractivity contribution in [2.75, 3.05) is 19.6 Å². The number of nitrogens with zero attached hydrogens (tertiary/aromatic N) is 2. The summed E-state index contributed by atoms with van der Waals surface area (Å²) in [5, 5.41) is 0. The third-order valence-electron chi connectivity index (χ3n) is 4.59. The molecule has 19 heavy (non-hydrogen) atoms. The van der Waals surface area contributed by atoms with Crippen LogP contribution in [0.2, 0.25) is 0 Å². The molecule has 2 unspecified atom stereocenters. The van der Waals surface area contributed by atoms with Crippen LogP contribution in [0.1, 0.15) is 31.6 Å². The predicted molar refractivity (Wildman–Crippen MR) is 85.7 cm³/mol. The van der Waals surface area contributed by atoms with Gasteiger partial charge in [0.15, 0.2) is 0 Å². The van der Waals surface area contributed by atoms with E-state index in [1.807, 2.05) is 11.3 Å². The van der Waals surface area contributed by atoms with Crippen LogP contribution >= 0.6 is 27.3 Å². The fourth-order valence-electron chi connectivity index (χ4n) is 3.56. The second-order valence-electron chi connectivity index (χ2n) is 6.24. The molecule has 0 bridgehead atoms. The normalized spacial score (nSPS) is 29.1. The molecule has 2 saturated heterocycles. The standard InChI is InChI=1S/C15H23BrN2S/c1-11(2)14-10-17-7-3-4-12(17)8-18(14)9-13-5-6-15(16)19-13/h5-6,11-12,14H,3-4,7-10H2,1-2H3. The van der Waals surface area contributed by atoms with Gasteiger partial charge in [-0.3, -0.25) is 9.80 Å². The second-order valence-corrected chi connectivity index (χ2v) is 8.79. The van der Waals surface area contributed by atoms with E-state index in [0.29, 0.717) is 0 Å². The molecule has 1 aromatic rings.